The summed E-state index contributed by atoms with van der Waals surface area (Å²) in [4.78, 5) is 20.6. The first-order valence-corrected chi connectivity index (χ1v) is 6.32. The SMILES string of the molecule is Cc1nc(N[C@H](C(N)=O)[C@@H](C)O)c2ccsc2n1. The monoisotopic (exact) mass is 266 g/mol. The van der Waals surface area contributed by atoms with E-state index < -0.39 is 18.1 Å². The van der Waals surface area contributed by atoms with Crippen LogP contribution in [0.3, 0.4) is 0 Å². The van der Waals surface area contributed by atoms with Crippen LogP contribution in [0.4, 0.5) is 5.82 Å². The van der Waals surface area contributed by atoms with Gasteiger partial charge >= 0.3 is 0 Å². The molecule has 0 aliphatic carbocycles. The third kappa shape index (κ3) is 2.41. The largest absolute Gasteiger partial charge is 0.391 e. The fourth-order valence-electron chi connectivity index (χ4n) is 1.65. The van der Waals surface area contributed by atoms with Crippen molar-refractivity contribution in [2.24, 2.45) is 5.73 Å². The molecule has 0 bridgehead atoms. The van der Waals surface area contributed by atoms with Gasteiger partial charge in [0.05, 0.1) is 11.5 Å². The minimum atomic E-state index is -0.897. The Kier molecular flexibility index (Phi) is 3.44. The molecule has 18 heavy (non-hydrogen) atoms. The van der Waals surface area contributed by atoms with Crippen LogP contribution in [0.15, 0.2) is 11.4 Å². The molecule has 1 amide bonds. The number of nitrogens with two attached hydrogens (primary N) is 1. The molecule has 0 saturated carbocycles. The average molecular weight is 266 g/mol. The van der Waals surface area contributed by atoms with Crippen LogP contribution >= 0.6 is 11.3 Å². The van der Waals surface area contributed by atoms with Crippen LogP contribution in [0.1, 0.15) is 12.7 Å². The topological polar surface area (TPSA) is 101 Å². The zero-order chi connectivity index (χ0) is 13.3. The van der Waals surface area contributed by atoms with Gasteiger partial charge < -0.3 is 16.2 Å². The van der Waals surface area contributed by atoms with Crippen molar-refractivity contribution >= 4 is 33.3 Å². The van der Waals surface area contributed by atoms with Gasteiger partial charge in [-0.25, -0.2) is 9.97 Å². The van der Waals surface area contributed by atoms with Gasteiger partial charge in [-0.3, -0.25) is 4.79 Å². The minimum absolute atomic E-state index is 0.517. The number of aliphatic hydroxyl groups excluding tert-OH is 1. The van der Waals surface area contributed by atoms with Gasteiger partial charge in [0.2, 0.25) is 5.91 Å². The van der Waals surface area contributed by atoms with Crippen LogP contribution < -0.4 is 11.1 Å². The van der Waals surface area contributed by atoms with E-state index in [-0.39, 0.29) is 0 Å². The molecule has 6 nitrogen and oxygen atoms in total. The van der Waals surface area contributed by atoms with Crippen LogP contribution in [-0.2, 0) is 4.79 Å². The van der Waals surface area contributed by atoms with Crippen LogP contribution in [-0.4, -0.2) is 33.1 Å². The molecule has 7 heteroatoms. The number of aryl methyl sites for hydroxylation is 1. The van der Waals surface area contributed by atoms with Gasteiger partial charge in [0, 0.05) is 0 Å². The predicted octanol–water partition coefficient (Wildman–Crippen LogP) is 0.646. The lowest BCUT2D eigenvalue weighted by molar-refractivity contribution is -0.120. The number of amides is 1. The molecule has 0 saturated heterocycles. The second kappa shape index (κ2) is 4.87. The molecule has 2 heterocycles. The van der Waals surface area contributed by atoms with Crippen molar-refractivity contribution in [3.05, 3.63) is 17.3 Å². The number of hydrogen-bond donors (Lipinski definition) is 3. The fraction of sp³-hybridized carbons (Fsp3) is 0.364. The number of anilines is 1. The number of aliphatic hydroxyl groups is 1. The maximum atomic E-state index is 11.3. The molecule has 2 rings (SSSR count). The Morgan fingerprint density at radius 3 is 2.89 bits per heavy atom. The lowest BCUT2D eigenvalue weighted by Crippen LogP contribution is -2.43. The lowest BCUT2D eigenvalue weighted by atomic mass is 10.1. The zero-order valence-corrected chi connectivity index (χ0v) is 10.9. The number of nitrogens with zero attached hydrogens (tertiary/aromatic N) is 2. The highest BCUT2D eigenvalue weighted by molar-refractivity contribution is 7.16. The van der Waals surface area contributed by atoms with E-state index in [1.54, 1.807) is 6.92 Å². The zero-order valence-electron chi connectivity index (χ0n) is 10.0. The average Bonchev–Trinajstić information content (AvgIpc) is 2.72. The van der Waals surface area contributed by atoms with Gasteiger partial charge in [0.25, 0.3) is 0 Å². The van der Waals surface area contributed by atoms with E-state index in [1.807, 2.05) is 11.4 Å². The maximum absolute atomic E-state index is 11.3. The van der Waals surface area contributed by atoms with Crippen molar-refractivity contribution in [1.82, 2.24) is 9.97 Å². The smallest absolute Gasteiger partial charge is 0.242 e. The Morgan fingerprint density at radius 1 is 1.56 bits per heavy atom. The fourth-order valence-corrected chi connectivity index (χ4v) is 2.46. The highest BCUT2D eigenvalue weighted by Crippen LogP contribution is 2.25. The van der Waals surface area contributed by atoms with Crippen molar-refractivity contribution in [1.29, 1.82) is 0 Å². The summed E-state index contributed by atoms with van der Waals surface area (Å²) in [6, 6.07) is 0.990. The van der Waals surface area contributed by atoms with Crippen molar-refractivity contribution in [3.8, 4) is 0 Å². The molecule has 0 unspecified atom stereocenters. The highest BCUT2D eigenvalue weighted by atomic mass is 32.1. The standard InChI is InChI=1S/C11H14N4O2S/c1-5(16)8(9(12)17)15-10-7-3-4-18-11(7)14-6(2)13-10/h3-5,8,16H,1-2H3,(H2,12,17)(H,13,14,15)/t5-,8+/m1/s1. The molecule has 0 fully saturated rings. The van der Waals surface area contributed by atoms with E-state index in [0.717, 1.165) is 10.2 Å². The molecule has 2 aromatic heterocycles. The van der Waals surface area contributed by atoms with E-state index in [9.17, 15) is 9.90 Å². The van der Waals surface area contributed by atoms with E-state index in [1.165, 1.54) is 18.3 Å². The third-order valence-electron chi connectivity index (χ3n) is 2.52. The van der Waals surface area contributed by atoms with E-state index >= 15 is 0 Å². The van der Waals surface area contributed by atoms with Crippen LogP contribution in [0.25, 0.3) is 10.2 Å². The maximum Gasteiger partial charge on any atom is 0.242 e. The molecule has 0 aliphatic heterocycles. The van der Waals surface area contributed by atoms with Crippen molar-refractivity contribution in [2.45, 2.75) is 26.0 Å². The molecule has 0 aromatic carbocycles. The molecule has 0 radical (unpaired) electrons. The number of carbonyl (C=O) groups is 1. The number of aromatic nitrogens is 2. The first-order valence-electron chi connectivity index (χ1n) is 5.45. The summed E-state index contributed by atoms with van der Waals surface area (Å²) in [5.74, 6) is 0.495. The van der Waals surface area contributed by atoms with Gasteiger partial charge in [-0.1, -0.05) is 0 Å². The molecule has 2 aromatic rings. The Bertz CT molecular complexity index is 581. The number of hydrogen-bond acceptors (Lipinski definition) is 6. The number of rotatable bonds is 4. The number of thiophene rings is 1. The summed E-state index contributed by atoms with van der Waals surface area (Å²) < 4.78 is 0. The normalized spacial score (nSPS) is 14.4. The molecule has 2 atom stereocenters. The first kappa shape index (κ1) is 12.7. The summed E-state index contributed by atoms with van der Waals surface area (Å²) in [6.45, 7) is 3.27. The number of fused-ring (bicyclic) bond motifs is 1. The van der Waals surface area contributed by atoms with Crippen LogP contribution in [0, 0.1) is 6.92 Å². The number of nitrogens with one attached hydrogen (secondary N) is 1. The Hall–Kier alpha value is -1.73. The van der Waals surface area contributed by atoms with Gasteiger partial charge in [-0.2, -0.15) is 0 Å². The van der Waals surface area contributed by atoms with Crippen molar-refractivity contribution < 1.29 is 9.90 Å². The highest BCUT2D eigenvalue weighted by Gasteiger charge is 2.22. The minimum Gasteiger partial charge on any atom is -0.391 e. The van der Waals surface area contributed by atoms with E-state index in [2.05, 4.69) is 15.3 Å². The summed E-state index contributed by atoms with van der Waals surface area (Å²) in [5.41, 5.74) is 5.24. The molecular weight excluding hydrogens is 252 g/mol. The second-order valence-corrected chi connectivity index (χ2v) is 4.92. The van der Waals surface area contributed by atoms with E-state index in [0.29, 0.717) is 11.6 Å². The Labute approximate surface area is 108 Å². The molecule has 96 valence electrons. The van der Waals surface area contributed by atoms with Crippen molar-refractivity contribution in [3.63, 3.8) is 0 Å². The van der Waals surface area contributed by atoms with Gasteiger partial charge in [-0.15, -0.1) is 11.3 Å². The summed E-state index contributed by atoms with van der Waals surface area (Å²) >= 11 is 1.49. The lowest BCUT2D eigenvalue weighted by Gasteiger charge is -2.19. The predicted molar refractivity (Wildman–Crippen MR) is 70.4 cm³/mol. The van der Waals surface area contributed by atoms with Crippen LogP contribution in [0.5, 0.6) is 0 Å². The van der Waals surface area contributed by atoms with Gasteiger partial charge in [0.1, 0.15) is 22.5 Å². The molecular formula is C11H14N4O2S. The number of primary amides is 1. The second-order valence-electron chi connectivity index (χ2n) is 4.02. The third-order valence-corrected chi connectivity index (χ3v) is 3.32. The molecule has 4 N–H and O–H groups in total. The summed E-state index contributed by atoms with van der Waals surface area (Å²) in [6.07, 6.45) is -0.897. The molecule has 0 aliphatic rings. The van der Waals surface area contributed by atoms with Gasteiger partial charge in [-0.05, 0) is 25.3 Å². The van der Waals surface area contributed by atoms with Crippen LogP contribution in [0.2, 0.25) is 0 Å². The quantitative estimate of drug-likeness (QED) is 0.754. The van der Waals surface area contributed by atoms with Crippen molar-refractivity contribution in [2.75, 3.05) is 5.32 Å². The first-order chi connectivity index (χ1) is 8.49. The molecule has 0 spiro atoms. The number of carbonyl (C=O) groups excluding carboxylic acids is 1. The van der Waals surface area contributed by atoms with Gasteiger partial charge in [0.15, 0.2) is 0 Å². The Balaban J connectivity index is 2.41. The summed E-state index contributed by atoms with van der Waals surface area (Å²) in [5, 5.41) is 15.1. The van der Waals surface area contributed by atoms with E-state index in [4.69, 9.17) is 5.73 Å². The summed E-state index contributed by atoms with van der Waals surface area (Å²) in [7, 11) is 0. The Morgan fingerprint density at radius 2 is 2.28 bits per heavy atom.